The Balaban J connectivity index is 0.755. The number of rotatable bonds is 18. The Morgan fingerprint density at radius 2 is 1.51 bits per heavy atom. The normalized spacial score (nSPS) is 15.5. The molecule has 1 fully saturated rings. The number of aromatic hydroxyl groups is 1. The Kier molecular flexibility index (Phi) is 12.9. The van der Waals surface area contributed by atoms with Crippen LogP contribution in [-0.4, -0.2) is 79.8 Å². The Hall–Kier alpha value is -4.59. The van der Waals surface area contributed by atoms with Gasteiger partial charge in [-0.05, 0) is 96.6 Å². The van der Waals surface area contributed by atoms with Gasteiger partial charge < -0.3 is 33.7 Å². The molecule has 1 aliphatic heterocycles. The maximum atomic E-state index is 13.1. The Morgan fingerprint density at radius 3 is 2.25 bits per heavy atom. The summed E-state index contributed by atoms with van der Waals surface area (Å²) < 4.78 is 31.3. The van der Waals surface area contributed by atoms with Crippen molar-refractivity contribution in [2.45, 2.75) is 44.7 Å². The highest BCUT2D eigenvalue weighted by Gasteiger charge is 2.39. The molecular weight excluding hydrogens is 786 g/mol. The molecule has 4 aromatic carbocycles. The van der Waals surface area contributed by atoms with E-state index in [0.717, 1.165) is 54.7 Å². The van der Waals surface area contributed by atoms with Crippen LogP contribution < -0.4 is 9.47 Å². The van der Waals surface area contributed by atoms with Crippen LogP contribution in [0.15, 0.2) is 89.4 Å². The van der Waals surface area contributed by atoms with Crippen molar-refractivity contribution in [2.75, 3.05) is 46.2 Å². The Morgan fingerprint density at radius 1 is 0.800 bits per heavy atom. The summed E-state index contributed by atoms with van der Waals surface area (Å²) in [5, 5.41) is 11.0. The molecule has 12 heteroatoms. The summed E-state index contributed by atoms with van der Waals surface area (Å²) in [6.07, 6.45) is 2.25. The first kappa shape index (κ1) is 38.7. The van der Waals surface area contributed by atoms with Crippen molar-refractivity contribution in [3.8, 4) is 33.4 Å². The van der Waals surface area contributed by atoms with Gasteiger partial charge in [-0.3, -0.25) is 14.4 Å². The number of ketones is 2. The van der Waals surface area contributed by atoms with Crippen molar-refractivity contribution in [3.05, 3.63) is 106 Å². The highest BCUT2D eigenvalue weighted by Crippen LogP contribution is 2.47. The fraction of sp³-hybridized carbons (Fsp3) is 0.326. The average Bonchev–Trinajstić information content (AvgIpc) is 3.71. The summed E-state index contributed by atoms with van der Waals surface area (Å²) in [4.78, 5) is 39.8. The van der Waals surface area contributed by atoms with E-state index in [4.69, 9.17) is 23.7 Å². The van der Waals surface area contributed by atoms with Crippen LogP contribution in [0.5, 0.6) is 23.0 Å². The number of hydrogen-bond donors (Lipinski definition) is 1. The number of ether oxygens (including phenoxy) is 5. The number of fused-ring (bicyclic) bond motifs is 2. The molecule has 0 bridgehead atoms. The van der Waals surface area contributed by atoms with Gasteiger partial charge in [0.05, 0.1) is 50.4 Å². The third-order valence-corrected chi connectivity index (χ3v) is 11.4. The molecular formula is C43H42BrNO9S. The van der Waals surface area contributed by atoms with E-state index < -0.39 is 6.04 Å². The number of carbonyl (C=O) groups excluding carboxylic acids is 3. The molecule has 0 saturated heterocycles. The number of nitrogens with zero attached hydrogens (tertiary/aromatic N) is 1. The van der Waals surface area contributed by atoms with Crippen LogP contribution >= 0.6 is 27.3 Å². The highest BCUT2D eigenvalue weighted by atomic mass is 79.9. The SMILES string of the molecule is O=C1CCC(N2Cc3c(CCCOCCOCCOCCOc4ccc(Oc5c(-c6ccc(Br)cc6)sc6cc(O)ccc56)cc4)cccc3C2=O)C(=O)C1. The van der Waals surface area contributed by atoms with Crippen molar-refractivity contribution < 1.29 is 43.2 Å². The van der Waals surface area contributed by atoms with Crippen molar-refractivity contribution in [1.29, 1.82) is 0 Å². The van der Waals surface area contributed by atoms with E-state index >= 15 is 0 Å². The topological polar surface area (TPSA) is 121 Å². The van der Waals surface area contributed by atoms with Crippen molar-refractivity contribution in [3.63, 3.8) is 0 Å². The monoisotopic (exact) mass is 827 g/mol. The maximum absolute atomic E-state index is 13.1. The second-order valence-electron chi connectivity index (χ2n) is 13.4. The molecule has 55 heavy (non-hydrogen) atoms. The van der Waals surface area contributed by atoms with E-state index in [1.165, 1.54) is 0 Å². The van der Waals surface area contributed by atoms with Crippen LogP contribution in [0.25, 0.3) is 20.5 Å². The number of hydrogen-bond acceptors (Lipinski definition) is 10. The number of amides is 1. The molecule has 1 amide bonds. The second-order valence-corrected chi connectivity index (χ2v) is 15.4. The molecule has 2 aliphatic rings. The lowest BCUT2D eigenvalue weighted by atomic mass is 9.92. The van der Waals surface area contributed by atoms with Crippen LogP contribution in [0.4, 0.5) is 0 Å². The third kappa shape index (κ3) is 9.63. The minimum absolute atomic E-state index is 0.0431. The lowest BCUT2D eigenvalue weighted by Crippen LogP contribution is -2.44. The molecule has 1 N–H and O–H groups in total. The lowest BCUT2D eigenvalue weighted by molar-refractivity contribution is -0.133. The summed E-state index contributed by atoms with van der Waals surface area (Å²) in [5.41, 5.74) is 3.76. The summed E-state index contributed by atoms with van der Waals surface area (Å²) in [5.74, 6) is 2.03. The Bertz CT molecular complexity index is 2130. The molecule has 0 spiro atoms. The standard InChI is InChI=1S/C43H42BrNO9S/c44-30-8-6-29(7-9-30)42-41(36-16-10-32(47)26-40(36)55-42)54-34-14-12-33(13-15-34)53-24-23-52-22-21-51-20-19-50-18-2-4-28-3-1-5-35-37(28)27-45(43(35)49)38-17-11-31(46)25-39(38)48/h1,3,5-10,12-16,26,38,47H,2,4,11,17-25,27H2. The number of aryl methyl sites for hydroxylation is 1. The number of halogens is 1. The van der Waals surface area contributed by atoms with Gasteiger partial charge in [0.2, 0.25) is 0 Å². The molecule has 1 aromatic heterocycles. The number of phenols is 1. The van der Waals surface area contributed by atoms with Gasteiger partial charge >= 0.3 is 0 Å². The Labute approximate surface area is 332 Å². The molecule has 0 radical (unpaired) electrons. The van der Waals surface area contributed by atoms with Gasteiger partial charge in [-0.15, -0.1) is 11.3 Å². The first-order valence-corrected chi connectivity index (χ1v) is 20.1. The van der Waals surface area contributed by atoms with Crippen LogP contribution in [0.1, 0.15) is 47.2 Å². The number of phenolic OH excluding ortho intramolecular Hbond substituents is 1. The molecule has 5 aromatic rings. The smallest absolute Gasteiger partial charge is 0.255 e. The lowest BCUT2D eigenvalue weighted by Gasteiger charge is -2.29. The summed E-state index contributed by atoms with van der Waals surface area (Å²) in [7, 11) is 0. The van der Waals surface area contributed by atoms with Gasteiger partial charge in [0.1, 0.15) is 29.6 Å². The number of carbonyl (C=O) groups is 3. The number of thiophene rings is 1. The predicted molar refractivity (Wildman–Crippen MR) is 213 cm³/mol. The molecule has 1 atom stereocenters. The fourth-order valence-corrected chi connectivity index (χ4v) is 8.33. The van der Waals surface area contributed by atoms with E-state index in [9.17, 15) is 19.5 Å². The van der Waals surface area contributed by atoms with Gasteiger partial charge in [-0.1, -0.05) is 40.2 Å². The zero-order chi connectivity index (χ0) is 38.1. The molecule has 10 nitrogen and oxygen atoms in total. The van der Waals surface area contributed by atoms with Gasteiger partial charge in [0.15, 0.2) is 11.5 Å². The highest BCUT2D eigenvalue weighted by molar-refractivity contribution is 9.10. The van der Waals surface area contributed by atoms with E-state index in [1.807, 2.05) is 72.8 Å². The van der Waals surface area contributed by atoms with Crippen molar-refractivity contribution in [1.82, 2.24) is 4.90 Å². The van der Waals surface area contributed by atoms with E-state index in [-0.39, 0.29) is 29.6 Å². The maximum Gasteiger partial charge on any atom is 0.255 e. The molecule has 7 rings (SSSR count). The zero-order valence-corrected chi connectivity index (χ0v) is 32.7. The summed E-state index contributed by atoms with van der Waals surface area (Å²) >= 11 is 5.08. The van der Waals surface area contributed by atoms with E-state index in [1.54, 1.807) is 28.4 Å². The van der Waals surface area contributed by atoms with Gasteiger partial charge in [-0.25, -0.2) is 0 Å². The van der Waals surface area contributed by atoms with Gasteiger partial charge in [-0.2, -0.15) is 0 Å². The second kappa shape index (κ2) is 18.4. The first-order valence-electron chi connectivity index (χ1n) is 18.5. The minimum Gasteiger partial charge on any atom is -0.508 e. The minimum atomic E-state index is -0.506. The number of benzene rings is 4. The molecule has 1 unspecified atom stereocenters. The third-order valence-electron chi connectivity index (χ3n) is 9.66. The average molecular weight is 829 g/mol. The summed E-state index contributed by atoms with van der Waals surface area (Å²) in [6, 6.07) is 26.1. The van der Waals surface area contributed by atoms with Crippen LogP contribution in [0.2, 0.25) is 0 Å². The van der Waals surface area contributed by atoms with Crippen molar-refractivity contribution >= 4 is 54.8 Å². The van der Waals surface area contributed by atoms with Crippen molar-refractivity contribution in [2.24, 2.45) is 0 Å². The quantitative estimate of drug-likeness (QED) is 0.0685. The molecule has 2 heterocycles. The molecule has 286 valence electrons. The first-order chi connectivity index (χ1) is 26.8. The number of Topliss-reactive ketones (excluding diaryl/α,β-unsaturated/α-hetero) is 2. The van der Waals surface area contributed by atoms with E-state index in [2.05, 4.69) is 15.9 Å². The van der Waals surface area contributed by atoms with Gasteiger partial charge in [0, 0.05) is 39.7 Å². The molecule has 1 aliphatic carbocycles. The largest absolute Gasteiger partial charge is 0.508 e. The van der Waals surface area contributed by atoms with Gasteiger partial charge in [0.25, 0.3) is 5.91 Å². The van der Waals surface area contributed by atoms with Crippen LogP contribution in [-0.2, 0) is 36.8 Å². The van der Waals surface area contributed by atoms with Crippen LogP contribution in [0.3, 0.4) is 0 Å². The van der Waals surface area contributed by atoms with Crippen LogP contribution in [0, 0.1) is 0 Å². The molecule has 1 saturated carbocycles. The predicted octanol–water partition coefficient (Wildman–Crippen LogP) is 8.54. The van der Waals surface area contributed by atoms with E-state index in [0.29, 0.717) is 82.7 Å². The summed E-state index contributed by atoms with van der Waals surface area (Å²) in [6.45, 7) is 3.63. The fourth-order valence-electron chi connectivity index (χ4n) is 6.89. The zero-order valence-electron chi connectivity index (χ0n) is 30.3.